The lowest BCUT2D eigenvalue weighted by molar-refractivity contribution is 0.814. The molecule has 7 heteroatoms. The fraction of sp³-hybridized carbons (Fsp3) is 0.700. The third-order valence-electron chi connectivity index (χ3n) is 2.28. The van der Waals surface area contributed by atoms with Gasteiger partial charge in [-0.05, 0) is 20.1 Å². The van der Waals surface area contributed by atoms with Gasteiger partial charge in [-0.25, -0.2) is 0 Å². The second kappa shape index (κ2) is 7.16. The fourth-order valence-electron chi connectivity index (χ4n) is 1.37. The molecule has 0 spiro atoms. The number of hydrogen-bond donors (Lipinski definition) is 2. The molecule has 1 aromatic heterocycles. The summed E-state index contributed by atoms with van der Waals surface area (Å²) in [5.74, 6) is 2.45. The molecule has 1 rings (SSSR count). The van der Waals surface area contributed by atoms with E-state index in [1.807, 2.05) is 4.90 Å². The number of anilines is 3. The zero-order valence-electron chi connectivity index (χ0n) is 10.6. The topological polar surface area (TPSA) is 80.0 Å². The molecule has 0 radical (unpaired) electrons. The predicted molar refractivity (Wildman–Crippen MR) is 74.7 cm³/mol. The van der Waals surface area contributed by atoms with Crippen LogP contribution in [0, 0.1) is 0 Å². The summed E-state index contributed by atoms with van der Waals surface area (Å²) in [5, 5.41) is 3.14. The quantitative estimate of drug-likeness (QED) is 0.706. The number of aromatic nitrogens is 3. The molecule has 0 aromatic carbocycles. The Morgan fingerprint density at radius 3 is 2.53 bits per heavy atom. The summed E-state index contributed by atoms with van der Waals surface area (Å²) in [4.78, 5) is 14.6. The van der Waals surface area contributed by atoms with E-state index in [4.69, 9.17) is 5.73 Å². The molecule has 0 saturated heterocycles. The Balaban J connectivity index is 2.78. The van der Waals surface area contributed by atoms with E-state index in [9.17, 15) is 0 Å². The molecule has 0 aliphatic heterocycles. The summed E-state index contributed by atoms with van der Waals surface area (Å²) >= 11 is 1.77. The van der Waals surface area contributed by atoms with Crippen LogP contribution in [0.4, 0.5) is 17.8 Å². The van der Waals surface area contributed by atoms with Crippen LogP contribution in [-0.4, -0.2) is 46.6 Å². The van der Waals surface area contributed by atoms with Gasteiger partial charge < -0.3 is 16.0 Å². The van der Waals surface area contributed by atoms with E-state index in [0.717, 1.165) is 25.4 Å². The van der Waals surface area contributed by atoms with E-state index in [1.54, 1.807) is 11.8 Å². The van der Waals surface area contributed by atoms with E-state index in [0.29, 0.717) is 11.9 Å². The Bertz CT molecular complexity index is 342. The first-order valence-corrected chi connectivity index (χ1v) is 7.09. The third kappa shape index (κ3) is 4.26. The van der Waals surface area contributed by atoms with Crippen LogP contribution >= 0.6 is 11.8 Å². The normalized spacial score (nSPS) is 10.3. The third-order valence-corrected chi connectivity index (χ3v) is 2.89. The molecule has 96 valence electrons. The number of rotatable bonds is 7. The zero-order chi connectivity index (χ0) is 12.7. The Hall–Kier alpha value is -1.24. The van der Waals surface area contributed by atoms with Crippen LogP contribution in [0.3, 0.4) is 0 Å². The van der Waals surface area contributed by atoms with Gasteiger partial charge in [0.05, 0.1) is 0 Å². The number of nitrogen functional groups attached to an aromatic ring is 1. The van der Waals surface area contributed by atoms with Gasteiger partial charge in [0.1, 0.15) is 0 Å². The molecule has 6 nitrogen and oxygen atoms in total. The van der Waals surface area contributed by atoms with Crippen LogP contribution in [0.15, 0.2) is 0 Å². The highest BCUT2D eigenvalue weighted by Gasteiger charge is 2.08. The summed E-state index contributed by atoms with van der Waals surface area (Å²) in [7, 11) is 0. The summed E-state index contributed by atoms with van der Waals surface area (Å²) in [6.07, 6.45) is 2.06. The molecule has 17 heavy (non-hydrogen) atoms. The van der Waals surface area contributed by atoms with Crippen molar-refractivity contribution in [2.45, 2.75) is 13.8 Å². The molecule has 3 N–H and O–H groups in total. The van der Waals surface area contributed by atoms with Crippen LogP contribution in [0.5, 0.6) is 0 Å². The number of nitrogens with two attached hydrogens (primary N) is 1. The first-order valence-electron chi connectivity index (χ1n) is 5.70. The average molecular weight is 256 g/mol. The maximum Gasteiger partial charge on any atom is 0.231 e. The lowest BCUT2D eigenvalue weighted by atomic mass is 10.5. The minimum absolute atomic E-state index is 0.258. The van der Waals surface area contributed by atoms with Crippen molar-refractivity contribution in [3.8, 4) is 0 Å². The zero-order valence-corrected chi connectivity index (χ0v) is 11.4. The molecular weight excluding hydrogens is 236 g/mol. The molecular formula is C10H20N6S. The molecule has 1 aromatic rings. The molecule has 0 bridgehead atoms. The van der Waals surface area contributed by atoms with Gasteiger partial charge in [0.15, 0.2) is 0 Å². The standard InChI is InChI=1S/C10H20N6S/c1-4-16(5-2)10-14-8(11)13-9(15-10)12-6-7-17-3/h4-7H2,1-3H3,(H3,11,12,13,14,15). The second-order valence-corrected chi connectivity index (χ2v) is 4.39. The van der Waals surface area contributed by atoms with Crippen LogP contribution < -0.4 is 16.0 Å². The van der Waals surface area contributed by atoms with Gasteiger partial charge in [-0.3, -0.25) is 0 Å². The first kappa shape index (κ1) is 13.8. The SMILES string of the molecule is CCN(CC)c1nc(N)nc(NCCSC)n1. The number of nitrogens with one attached hydrogen (secondary N) is 1. The highest BCUT2D eigenvalue weighted by atomic mass is 32.2. The van der Waals surface area contributed by atoms with Gasteiger partial charge in [0.2, 0.25) is 17.8 Å². The highest BCUT2D eigenvalue weighted by molar-refractivity contribution is 7.98. The predicted octanol–water partition coefficient (Wildman–Crippen LogP) is 1.07. The van der Waals surface area contributed by atoms with E-state index >= 15 is 0 Å². The van der Waals surface area contributed by atoms with E-state index in [-0.39, 0.29) is 5.95 Å². The minimum Gasteiger partial charge on any atom is -0.368 e. The van der Waals surface area contributed by atoms with Crippen molar-refractivity contribution >= 4 is 29.6 Å². The van der Waals surface area contributed by atoms with Crippen molar-refractivity contribution in [2.24, 2.45) is 0 Å². The Kier molecular flexibility index (Phi) is 5.82. The van der Waals surface area contributed by atoms with Crippen molar-refractivity contribution in [1.29, 1.82) is 0 Å². The van der Waals surface area contributed by atoms with Crippen LogP contribution in [0.1, 0.15) is 13.8 Å². The van der Waals surface area contributed by atoms with Gasteiger partial charge in [0, 0.05) is 25.4 Å². The van der Waals surface area contributed by atoms with Crippen molar-refractivity contribution in [3.63, 3.8) is 0 Å². The lowest BCUT2D eigenvalue weighted by Gasteiger charge is -2.18. The Labute approximate surface area is 106 Å². The Morgan fingerprint density at radius 1 is 1.24 bits per heavy atom. The Morgan fingerprint density at radius 2 is 1.94 bits per heavy atom. The number of thioether (sulfide) groups is 1. The van der Waals surface area contributed by atoms with Gasteiger partial charge in [-0.1, -0.05) is 0 Å². The van der Waals surface area contributed by atoms with Gasteiger partial charge >= 0.3 is 0 Å². The highest BCUT2D eigenvalue weighted by Crippen LogP contribution is 2.11. The molecule has 0 unspecified atom stereocenters. The molecule has 0 fully saturated rings. The average Bonchev–Trinajstić information content (AvgIpc) is 2.30. The van der Waals surface area contributed by atoms with Crippen molar-refractivity contribution < 1.29 is 0 Å². The van der Waals surface area contributed by atoms with E-state index in [2.05, 4.69) is 40.4 Å². The lowest BCUT2D eigenvalue weighted by Crippen LogP contribution is -2.25. The monoisotopic (exact) mass is 256 g/mol. The molecule has 0 aliphatic carbocycles. The van der Waals surface area contributed by atoms with Crippen molar-refractivity contribution in [2.75, 3.05) is 47.6 Å². The van der Waals surface area contributed by atoms with Gasteiger partial charge in [0.25, 0.3) is 0 Å². The fourth-order valence-corrected chi connectivity index (χ4v) is 1.68. The molecule has 0 saturated carbocycles. The first-order chi connectivity index (χ1) is 8.21. The van der Waals surface area contributed by atoms with Gasteiger partial charge in [-0.15, -0.1) is 0 Å². The molecule has 0 amide bonds. The van der Waals surface area contributed by atoms with Crippen molar-refractivity contribution in [3.05, 3.63) is 0 Å². The van der Waals surface area contributed by atoms with Gasteiger partial charge in [-0.2, -0.15) is 26.7 Å². The van der Waals surface area contributed by atoms with Crippen molar-refractivity contribution in [1.82, 2.24) is 15.0 Å². The second-order valence-electron chi connectivity index (χ2n) is 3.41. The maximum atomic E-state index is 5.68. The molecule has 0 aliphatic rings. The van der Waals surface area contributed by atoms with E-state index < -0.39 is 0 Å². The minimum atomic E-state index is 0.258. The smallest absolute Gasteiger partial charge is 0.231 e. The summed E-state index contributed by atoms with van der Waals surface area (Å²) < 4.78 is 0. The summed E-state index contributed by atoms with van der Waals surface area (Å²) in [6, 6.07) is 0. The summed E-state index contributed by atoms with van der Waals surface area (Å²) in [6.45, 7) is 6.64. The van der Waals surface area contributed by atoms with E-state index in [1.165, 1.54) is 0 Å². The molecule has 1 heterocycles. The van der Waals surface area contributed by atoms with Crippen LogP contribution in [0.25, 0.3) is 0 Å². The number of nitrogens with zero attached hydrogens (tertiary/aromatic N) is 4. The molecule has 0 atom stereocenters. The van der Waals surface area contributed by atoms with Crippen LogP contribution in [-0.2, 0) is 0 Å². The largest absolute Gasteiger partial charge is 0.368 e. The number of hydrogen-bond acceptors (Lipinski definition) is 7. The summed E-state index contributed by atoms with van der Waals surface area (Å²) in [5.41, 5.74) is 5.68. The maximum absolute atomic E-state index is 5.68. The van der Waals surface area contributed by atoms with Crippen LogP contribution in [0.2, 0.25) is 0 Å².